The highest BCUT2D eigenvalue weighted by molar-refractivity contribution is 7.90. The topological polar surface area (TPSA) is 52.0 Å². The Morgan fingerprint density at radius 2 is 1.91 bits per heavy atom. The third-order valence-electron chi connectivity index (χ3n) is 4.73. The Kier molecular flexibility index (Phi) is 4.57. The summed E-state index contributed by atoms with van der Waals surface area (Å²) in [6.45, 7) is 0. The molecule has 1 saturated carbocycles. The van der Waals surface area contributed by atoms with Crippen LogP contribution in [0.25, 0.3) is 11.3 Å². The highest BCUT2D eigenvalue weighted by atomic mass is 32.2. The van der Waals surface area contributed by atoms with E-state index in [0.29, 0.717) is 10.8 Å². The summed E-state index contributed by atoms with van der Waals surface area (Å²) in [7, 11) is -1.33. The van der Waals surface area contributed by atoms with E-state index in [-0.39, 0.29) is 0 Å². The summed E-state index contributed by atoms with van der Waals surface area (Å²) in [6, 6.07) is 7.45. The zero-order chi connectivity index (χ0) is 16.4. The van der Waals surface area contributed by atoms with Crippen molar-refractivity contribution in [2.75, 3.05) is 6.26 Å². The van der Waals surface area contributed by atoms with Crippen LogP contribution < -0.4 is 0 Å². The lowest BCUT2D eigenvalue weighted by molar-refractivity contribution is 0.357. The lowest BCUT2D eigenvalue weighted by Gasteiger charge is -2.22. The molecule has 0 saturated heterocycles. The number of hydrogen-bond donors (Lipinski definition) is 0. The van der Waals surface area contributed by atoms with E-state index in [9.17, 15) is 8.42 Å². The Bertz CT molecular complexity index is 787. The first-order valence-electron chi connectivity index (χ1n) is 8.26. The van der Waals surface area contributed by atoms with E-state index in [2.05, 4.69) is 5.10 Å². The van der Waals surface area contributed by atoms with Crippen LogP contribution in [-0.2, 0) is 23.3 Å². The van der Waals surface area contributed by atoms with Crippen molar-refractivity contribution in [3.8, 4) is 11.3 Å². The molecular formula is C18H24N2O2S. The van der Waals surface area contributed by atoms with Crippen LogP contribution in [0.4, 0.5) is 0 Å². The van der Waals surface area contributed by atoms with Gasteiger partial charge in [-0.2, -0.15) is 5.10 Å². The molecule has 1 fully saturated rings. The minimum Gasteiger partial charge on any atom is -0.275 e. The smallest absolute Gasteiger partial charge is 0.175 e. The standard InChI is InChI=1S/C18H24N2O2S/c1-20-11-10-18(19-20)17-13-16(23(2,21)22)9-8-15(17)12-14-6-4-3-5-7-14/h8-11,13-14H,3-7,12H2,1-2H3. The van der Waals surface area contributed by atoms with Crippen LogP contribution in [0.15, 0.2) is 35.4 Å². The van der Waals surface area contributed by atoms with Gasteiger partial charge >= 0.3 is 0 Å². The van der Waals surface area contributed by atoms with Crippen LogP contribution in [0.3, 0.4) is 0 Å². The average Bonchev–Trinajstić information content (AvgIpc) is 2.94. The molecule has 0 bridgehead atoms. The number of rotatable bonds is 4. The fourth-order valence-corrected chi connectivity index (χ4v) is 4.11. The van der Waals surface area contributed by atoms with Gasteiger partial charge in [0.25, 0.3) is 0 Å². The van der Waals surface area contributed by atoms with Crippen molar-refractivity contribution in [2.45, 2.75) is 43.4 Å². The van der Waals surface area contributed by atoms with Crippen molar-refractivity contribution < 1.29 is 8.42 Å². The first-order valence-corrected chi connectivity index (χ1v) is 10.2. The number of aryl methyl sites for hydroxylation is 1. The fraction of sp³-hybridized carbons (Fsp3) is 0.500. The van der Waals surface area contributed by atoms with E-state index >= 15 is 0 Å². The molecule has 5 heteroatoms. The second-order valence-electron chi connectivity index (χ2n) is 6.67. The van der Waals surface area contributed by atoms with Gasteiger partial charge in [0.15, 0.2) is 9.84 Å². The van der Waals surface area contributed by atoms with E-state index in [1.807, 2.05) is 25.4 Å². The zero-order valence-corrected chi connectivity index (χ0v) is 14.6. The molecule has 0 aliphatic heterocycles. The summed E-state index contributed by atoms with van der Waals surface area (Å²) < 4.78 is 25.6. The maximum Gasteiger partial charge on any atom is 0.175 e. The molecule has 0 N–H and O–H groups in total. The van der Waals surface area contributed by atoms with Gasteiger partial charge in [-0.25, -0.2) is 8.42 Å². The fourth-order valence-electron chi connectivity index (χ4n) is 3.46. The molecule has 4 nitrogen and oxygen atoms in total. The van der Waals surface area contributed by atoms with Gasteiger partial charge in [-0.15, -0.1) is 0 Å². The van der Waals surface area contributed by atoms with Crippen LogP contribution in [0, 0.1) is 5.92 Å². The molecule has 1 aromatic heterocycles. The maximum atomic E-state index is 11.9. The summed E-state index contributed by atoms with van der Waals surface area (Å²) in [5.74, 6) is 0.704. The van der Waals surface area contributed by atoms with Crippen molar-refractivity contribution in [3.05, 3.63) is 36.0 Å². The summed E-state index contributed by atoms with van der Waals surface area (Å²) in [5.41, 5.74) is 3.02. The highest BCUT2D eigenvalue weighted by Crippen LogP contribution is 2.32. The Morgan fingerprint density at radius 3 is 2.52 bits per heavy atom. The summed E-state index contributed by atoms with van der Waals surface area (Å²) in [4.78, 5) is 0.366. The van der Waals surface area contributed by atoms with Gasteiger partial charge in [0.2, 0.25) is 0 Å². The second kappa shape index (κ2) is 6.48. The average molecular weight is 332 g/mol. The highest BCUT2D eigenvalue weighted by Gasteiger charge is 2.19. The Balaban J connectivity index is 2.00. The Hall–Kier alpha value is -1.62. The monoisotopic (exact) mass is 332 g/mol. The van der Waals surface area contributed by atoms with Gasteiger partial charge in [-0.1, -0.05) is 38.2 Å². The molecule has 1 aliphatic rings. The minimum absolute atomic E-state index is 0.366. The Labute approximate surface area is 138 Å². The first-order chi connectivity index (χ1) is 10.9. The number of sulfone groups is 1. The second-order valence-corrected chi connectivity index (χ2v) is 8.69. The molecule has 1 heterocycles. The summed E-state index contributed by atoms with van der Waals surface area (Å²) in [6.07, 6.45) is 10.7. The molecule has 2 aromatic rings. The third kappa shape index (κ3) is 3.83. The maximum absolute atomic E-state index is 11.9. The molecule has 23 heavy (non-hydrogen) atoms. The first kappa shape index (κ1) is 16.2. The summed E-state index contributed by atoms with van der Waals surface area (Å²) in [5, 5.41) is 4.48. The summed E-state index contributed by atoms with van der Waals surface area (Å²) >= 11 is 0. The zero-order valence-electron chi connectivity index (χ0n) is 13.8. The molecule has 3 rings (SSSR count). The van der Waals surface area contributed by atoms with E-state index in [4.69, 9.17) is 0 Å². The van der Waals surface area contributed by atoms with Gasteiger partial charge < -0.3 is 0 Å². The van der Waals surface area contributed by atoms with Crippen molar-refractivity contribution >= 4 is 9.84 Å². The Morgan fingerprint density at radius 1 is 1.17 bits per heavy atom. The molecule has 0 radical (unpaired) electrons. The van der Waals surface area contributed by atoms with Crippen molar-refractivity contribution in [1.29, 1.82) is 0 Å². The van der Waals surface area contributed by atoms with E-state index in [1.54, 1.807) is 16.8 Å². The lowest BCUT2D eigenvalue weighted by Crippen LogP contribution is -2.10. The molecule has 124 valence electrons. The molecule has 0 amide bonds. The van der Waals surface area contributed by atoms with Crippen LogP contribution in [0.1, 0.15) is 37.7 Å². The molecule has 1 aromatic carbocycles. The van der Waals surface area contributed by atoms with Gasteiger partial charge in [-0.3, -0.25) is 4.68 Å². The van der Waals surface area contributed by atoms with Gasteiger partial charge in [-0.05, 0) is 36.1 Å². The SMILES string of the molecule is Cn1ccc(-c2cc(S(C)(=O)=O)ccc2CC2CCCCC2)n1. The van der Waals surface area contributed by atoms with Gasteiger partial charge in [0.1, 0.15) is 0 Å². The van der Waals surface area contributed by atoms with Gasteiger partial charge in [0, 0.05) is 25.1 Å². The third-order valence-corrected chi connectivity index (χ3v) is 5.84. The van der Waals surface area contributed by atoms with Crippen molar-refractivity contribution in [1.82, 2.24) is 9.78 Å². The quantitative estimate of drug-likeness (QED) is 0.859. The van der Waals surface area contributed by atoms with Crippen molar-refractivity contribution in [2.24, 2.45) is 13.0 Å². The van der Waals surface area contributed by atoms with E-state index in [0.717, 1.165) is 17.7 Å². The lowest BCUT2D eigenvalue weighted by atomic mass is 9.83. The van der Waals surface area contributed by atoms with Crippen LogP contribution in [0.5, 0.6) is 0 Å². The predicted octanol–water partition coefficient (Wildman–Crippen LogP) is 3.61. The number of hydrogen-bond acceptors (Lipinski definition) is 3. The molecule has 1 aliphatic carbocycles. The number of nitrogens with zero attached hydrogens (tertiary/aromatic N) is 2. The minimum atomic E-state index is -3.21. The van der Waals surface area contributed by atoms with E-state index in [1.165, 1.54) is 43.9 Å². The molecular weight excluding hydrogens is 308 g/mol. The van der Waals surface area contributed by atoms with Gasteiger partial charge in [0.05, 0.1) is 10.6 Å². The molecule has 0 spiro atoms. The normalized spacial score (nSPS) is 16.6. The van der Waals surface area contributed by atoms with Crippen LogP contribution in [0.2, 0.25) is 0 Å². The molecule has 0 atom stereocenters. The van der Waals surface area contributed by atoms with E-state index < -0.39 is 9.84 Å². The largest absolute Gasteiger partial charge is 0.275 e. The molecule has 0 unspecified atom stereocenters. The number of benzene rings is 1. The number of aromatic nitrogens is 2. The van der Waals surface area contributed by atoms with Crippen LogP contribution in [-0.4, -0.2) is 24.5 Å². The van der Waals surface area contributed by atoms with Crippen molar-refractivity contribution in [3.63, 3.8) is 0 Å². The predicted molar refractivity (Wildman–Crippen MR) is 92.0 cm³/mol. The van der Waals surface area contributed by atoms with Crippen LogP contribution >= 0.6 is 0 Å².